The maximum Gasteiger partial charge on any atom is 0.310 e. The molecule has 12 heavy (non-hydrogen) atoms. The van der Waals surface area contributed by atoms with Crippen LogP contribution in [0.1, 0.15) is 25.7 Å². The van der Waals surface area contributed by atoms with Gasteiger partial charge < -0.3 is 10.4 Å². The van der Waals surface area contributed by atoms with E-state index in [1.54, 1.807) is 0 Å². The number of hydrogen-bond acceptors (Lipinski definition) is 2. The second kappa shape index (κ2) is 3.13. The zero-order valence-corrected chi connectivity index (χ0v) is 7.09. The first-order valence-corrected chi connectivity index (χ1v) is 4.05. The van der Waals surface area contributed by atoms with Gasteiger partial charge in [-0.05, 0) is 12.8 Å². The summed E-state index contributed by atoms with van der Waals surface area (Å²) in [6, 6.07) is 0. The predicted molar refractivity (Wildman–Crippen MR) is 42.6 cm³/mol. The van der Waals surface area contributed by atoms with Crippen molar-refractivity contribution < 1.29 is 14.7 Å². The van der Waals surface area contributed by atoms with Crippen LogP contribution in [0.2, 0.25) is 0 Å². The van der Waals surface area contributed by atoms with Gasteiger partial charge >= 0.3 is 5.97 Å². The molecule has 0 spiro atoms. The second-order valence-electron chi connectivity index (χ2n) is 3.29. The van der Waals surface area contributed by atoms with Crippen LogP contribution in [0.15, 0.2) is 0 Å². The van der Waals surface area contributed by atoms with Crippen molar-refractivity contribution in [3.8, 4) is 0 Å². The molecule has 1 amide bonds. The molecule has 0 heterocycles. The molecule has 1 fully saturated rings. The van der Waals surface area contributed by atoms with Gasteiger partial charge in [-0.2, -0.15) is 0 Å². The van der Waals surface area contributed by atoms with Gasteiger partial charge in [0.05, 0.1) is 5.41 Å². The van der Waals surface area contributed by atoms with Crippen LogP contribution in [-0.4, -0.2) is 24.0 Å². The van der Waals surface area contributed by atoms with Crippen LogP contribution >= 0.6 is 0 Å². The van der Waals surface area contributed by atoms with Gasteiger partial charge in [-0.1, -0.05) is 6.42 Å². The largest absolute Gasteiger partial charge is 0.481 e. The lowest BCUT2D eigenvalue weighted by molar-refractivity contribution is -0.157. The first-order valence-electron chi connectivity index (χ1n) is 4.05. The summed E-state index contributed by atoms with van der Waals surface area (Å²) < 4.78 is 0. The van der Waals surface area contributed by atoms with Crippen LogP contribution in [-0.2, 0) is 9.59 Å². The summed E-state index contributed by atoms with van der Waals surface area (Å²) in [6.45, 7) is 0. The lowest BCUT2D eigenvalue weighted by Crippen LogP contribution is -2.41. The van der Waals surface area contributed by atoms with Crippen molar-refractivity contribution >= 4 is 11.9 Å². The molecule has 1 aliphatic rings. The van der Waals surface area contributed by atoms with E-state index in [0.29, 0.717) is 12.8 Å². The zero-order chi connectivity index (χ0) is 9.19. The normalized spacial score (nSPS) is 19.4. The van der Waals surface area contributed by atoms with Crippen molar-refractivity contribution in [3.63, 3.8) is 0 Å². The Labute approximate surface area is 71.0 Å². The molecule has 0 unspecified atom stereocenters. The van der Waals surface area contributed by atoms with E-state index in [1.165, 1.54) is 7.05 Å². The molecule has 0 atom stereocenters. The minimum absolute atomic E-state index is 0.124. The van der Waals surface area contributed by atoms with Crippen LogP contribution in [0.5, 0.6) is 0 Å². The number of aliphatic carboxylic acids is 1. The summed E-state index contributed by atoms with van der Waals surface area (Å²) >= 11 is 0. The highest BCUT2D eigenvalue weighted by Crippen LogP contribution is 2.43. The zero-order valence-electron chi connectivity index (χ0n) is 7.09. The number of hydrogen-bond donors (Lipinski definition) is 2. The Balaban J connectivity index is 2.56. The lowest BCUT2D eigenvalue weighted by atomic mass is 9.66. The van der Waals surface area contributed by atoms with Crippen molar-refractivity contribution in [1.29, 1.82) is 0 Å². The number of rotatable bonds is 3. The van der Waals surface area contributed by atoms with Gasteiger partial charge in [0.15, 0.2) is 0 Å². The molecule has 2 N–H and O–H groups in total. The van der Waals surface area contributed by atoms with Crippen LogP contribution < -0.4 is 5.32 Å². The Morgan fingerprint density at radius 3 is 2.33 bits per heavy atom. The molecule has 1 aliphatic carbocycles. The molecule has 0 aliphatic heterocycles. The highest BCUT2D eigenvalue weighted by atomic mass is 16.4. The Morgan fingerprint density at radius 2 is 2.08 bits per heavy atom. The highest BCUT2D eigenvalue weighted by Gasteiger charge is 2.45. The number of carboxylic acid groups (broad SMARTS) is 1. The van der Waals surface area contributed by atoms with Gasteiger partial charge in [0, 0.05) is 13.5 Å². The standard InChI is InChI=1S/C8H13NO3/c1-9-6(10)5-8(7(11)12)3-2-4-8/h2-5H2,1H3,(H,9,10)(H,11,12). The number of amides is 1. The molecular weight excluding hydrogens is 158 g/mol. The maximum atomic E-state index is 11.0. The fourth-order valence-electron chi connectivity index (χ4n) is 1.47. The summed E-state index contributed by atoms with van der Waals surface area (Å²) in [5.74, 6) is -1.02. The van der Waals surface area contributed by atoms with Crippen LogP contribution in [0.4, 0.5) is 0 Å². The van der Waals surface area contributed by atoms with Crippen molar-refractivity contribution in [2.75, 3.05) is 7.05 Å². The number of carbonyl (C=O) groups excluding carboxylic acids is 1. The first kappa shape index (κ1) is 9.03. The molecule has 1 saturated carbocycles. The van der Waals surface area contributed by atoms with Crippen molar-refractivity contribution in [2.45, 2.75) is 25.7 Å². The maximum absolute atomic E-state index is 11.0. The molecule has 0 saturated heterocycles. The van der Waals surface area contributed by atoms with Gasteiger partial charge in [-0.3, -0.25) is 9.59 Å². The van der Waals surface area contributed by atoms with Gasteiger partial charge in [-0.25, -0.2) is 0 Å². The van der Waals surface area contributed by atoms with Crippen LogP contribution in [0, 0.1) is 5.41 Å². The Hall–Kier alpha value is -1.06. The summed E-state index contributed by atoms with van der Waals surface area (Å²) in [5.41, 5.74) is -0.750. The third kappa shape index (κ3) is 1.42. The Bertz CT molecular complexity index is 208. The van der Waals surface area contributed by atoms with Gasteiger partial charge in [0.1, 0.15) is 0 Å². The molecule has 0 bridgehead atoms. The van der Waals surface area contributed by atoms with Crippen molar-refractivity contribution in [1.82, 2.24) is 5.32 Å². The molecule has 4 heteroatoms. The van der Waals surface area contributed by atoms with Gasteiger partial charge in [-0.15, -0.1) is 0 Å². The fraction of sp³-hybridized carbons (Fsp3) is 0.750. The van der Waals surface area contributed by atoms with E-state index in [4.69, 9.17) is 5.11 Å². The lowest BCUT2D eigenvalue weighted by Gasteiger charge is -2.36. The molecule has 0 radical (unpaired) electrons. The molecular formula is C8H13NO3. The van der Waals surface area contributed by atoms with E-state index in [-0.39, 0.29) is 12.3 Å². The molecule has 68 valence electrons. The van der Waals surface area contributed by atoms with E-state index >= 15 is 0 Å². The van der Waals surface area contributed by atoms with E-state index in [9.17, 15) is 9.59 Å². The van der Waals surface area contributed by atoms with Gasteiger partial charge in [0.25, 0.3) is 0 Å². The van der Waals surface area contributed by atoms with E-state index in [0.717, 1.165) is 6.42 Å². The minimum Gasteiger partial charge on any atom is -0.481 e. The van der Waals surface area contributed by atoms with Crippen LogP contribution in [0.25, 0.3) is 0 Å². The summed E-state index contributed by atoms with van der Waals surface area (Å²) in [5, 5.41) is 11.3. The topological polar surface area (TPSA) is 66.4 Å². The summed E-state index contributed by atoms with van der Waals surface area (Å²) in [7, 11) is 1.52. The third-order valence-corrected chi connectivity index (χ3v) is 2.54. The SMILES string of the molecule is CNC(=O)CC1(C(=O)O)CCC1. The highest BCUT2D eigenvalue weighted by molar-refractivity contribution is 5.85. The molecule has 1 rings (SSSR count). The number of nitrogens with one attached hydrogen (secondary N) is 1. The van der Waals surface area contributed by atoms with Gasteiger partial charge in [0.2, 0.25) is 5.91 Å². The summed E-state index contributed by atoms with van der Waals surface area (Å²) in [4.78, 5) is 21.7. The van der Waals surface area contributed by atoms with E-state index in [2.05, 4.69) is 5.32 Å². The quantitative estimate of drug-likeness (QED) is 0.645. The predicted octanol–water partition coefficient (Wildman–Crippen LogP) is 0.377. The second-order valence-corrected chi connectivity index (χ2v) is 3.29. The number of carbonyl (C=O) groups is 2. The Morgan fingerprint density at radius 1 is 1.50 bits per heavy atom. The molecule has 0 aromatic rings. The minimum atomic E-state index is -0.836. The Kier molecular flexibility index (Phi) is 2.35. The molecule has 4 nitrogen and oxygen atoms in total. The van der Waals surface area contributed by atoms with Crippen LogP contribution in [0.3, 0.4) is 0 Å². The fourth-order valence-corrected chi connectivity index (χ4v) is 1.47. The average Bonchev–Trinajstić information content (AvgIpc) is 1.95. The smallest absolute Gasteiger partial charge is 0.310 e. The van der Waals surface area contributed by atoms with Crippen molar-refractivity contribution in [2.24, 2.45) is 5.41 Å². The van der Waals surface area contributed by atoms with E-state index < -0.39 is 11.4 Å². The number of carboxylic acids is 1. The first-order chi connectivity index (χ1) is 5.60. The molecule has 0 aromatic heterocycles. The van der Waals surface area contributed by atoms with Crippen molar-refractivity contribution in [3.05, 3.63) is 0 Å². The average molecular weight is 171 g/mol. The summed E-state index contributed by atoms with van der Waals surface area (Å²) in [6.07, 6.45) is 2.31. The molecule has 0 aromatic carbocycles. The third-order valence-electron chi connectivity index (χ3n) is 2.54. The monoisotopic (exact) mass is 171 g/mol. The van der Waals surface area contributed by atoms with E-state index in [1.807, 2.05) is 0 Å².